The van der Waals surface area contributed by atoms with Gasteiger partial charge in [0.05, 0.1) is 17.9 Å². The minimum absolute atomic E-state index is 0.00811. The van der Waals surface area contributed by atoms with Gasteiger partial charge in [0.15, 0.2) is 6.61 Å². The van der Waals surface area contributed by atoms with E-state index in [0.29, 0.717) is 18.4 Å². The van der Waals surface area contributed by atoms with Crippen molar-refractivity contribution < 1.29 is 31.9 Å². The van der Waals surface area contributed by atoms with Gasteiger partial charge in [0.1, 0.15) is 29.1 Å². The molecule has 1 atom stereocenters. The molecule has 3 aliphatic carbocycles. The highest BCUT2D eigenvalue weighted by atomic mass is 19.3. The van der Waals surface area contributed by atoms with Crippen molar-refractivity contribution in [3.63, 3.8) is 0 Å². The van der Waals surface area contributed by atoms with Gasteiger partial charge in [-0.2, -0.15) is 0 Å². The van der Waals surface area contributed by atoms with Crippen LogP contribution in [0.15, 0.2) is 30.6 Å². The van der Waals surface area contributed by atoms with Crippen LogP contribution in [0.1, 0.15) is 60.3 Å². The summed E-state index contributed by atoms with van der Waals surface area (Å²) in [6.07, 6.45) is -1.02. The van der Waals surface area contributed by atoms with Crippen molar-refractivity contribution in [3.8, 4) is 5.75 Å². The molecule has 2 N–H and O–H groups in total. The molecule has 34 heavy (non-hydrogen) atoms. The van der Waals surface area contributed by atoms with Crippen molar-refractivity contribution in [2.75, 3.05) is 6.61 Å². The Morgan fingerprint density at radius 3 is 2.47 bits per heavy atom. The average molecular weight is 480 g/mol. The van der Waals surface area contributed by atoms with Gasteiger partial charge in [0, 0.05) is 18.0 Å². The Labute approximate surface area is 193 Å². The van der Waals surface area contributed by atoms with E-state index in [-0.39, 0.29) is 37.3 Å². The van der Waals surface area contributed by atoms with Crippen LogP contribution in [0.5, 0.6) is 5.75 Å². The number of rotatable bonds is 7. The van der Waals surface area contributed by atoms with Crippen molar-refractivity contribution in [1.29, 1.82) is 0 Å². The zero-order chi connectivity index (χ0) is 24.5. The van der Waals surface area contributed by atoms with E-state index in [0.717, 1.165) is 12.4 Å². The zero-order valence-corrected chi connectivity index (χ0v) is 18.4. The minimum Gasteiger partial charge on any atom is -0.484 e. The lowest BCUT2D eigenvalue weighted by atomic mass is 9.60. The lowest BCUT2D eigenvalue weighted by molar-refractivity contribution is -0.128. The second kappa shape index (κ2) is 9.19. The fourth-order valence-corrected chi connectivity index (χ4v) is 4.61. The Balaban J connectivity index is 1.33. The van der Waals surface area contributed by atoms with Crippen molar-refractivity contribution >= 4 is 11.8 Å². The minimum atomic E-state index is -2.80. The number of aryl methyl sites for hydroxylation is 1. The van der Waals surface area contributed by atoms with E-state index in [1.807, 2.05) is 0 Å². The fraction of sp³-hybridized carbons (Fsp3) is 0.478. The lowest BCUT2D eigenvalue weighted by Crippen LogP contribution is -2.69. The molecule has 2 bridgehead atoms. The van der Waals surface area contributed by atoms with E-state index in [9.17, 15) is 22.8 Å². The third kappa shape index (κ3) is 4.83. The van der Waals surface area contributed by atoms with Gasteiger partial charge in [0.2, 0.25) is 0 Å². The first-order chi connectivity index (χ1) is 16.1. The number of aromatic nitrogens is 2. The molecule has 1 aromatic carbocycles. The van der Waals surface area contributed by atoms with Crippen molar-refractivity contribution in [2.45, 2.75) is 62.7 Å². The molecule has 182 valence electrons. The maximum atomic E-state index is 15.2. The molecule has 1 aromatic heterocycles. The van der Waals surface area contributed by atoms with E-state index in [2.05, 4.69) is 20.6 Å². The summed E-state index contributed by atoms with van der Waals surface area (Å²) in [6.45, 7) is 1.28. The molecule has 0 saturated heterocycles. The molecule has 2 amide bonds. The number of amides is 2. The summed E-state index contributed by atoms with van der Waals surface area (Å²) >= 11 is 0. The summed E-state index contributed by atoms with van der Waals surface area (Å²) in [7, 11) is 0. The Kier molecular flexibility index (Phi) is 6.46. The average Bonchev–Trinajstić information content (AvgIpc) is 2.81. The Hall–Kier alpha value is -3.24. The molecular formula is C23H24F4N4O3. The zero-order valence-electron chi connectivity index (χ0n) is 18.4. The fourth-order valence-electron chi connectivity index (χ4n) is 4.61. The molecular weight excluding hydrogens is 456 g/mol. The SMILES string of the molecule is Cc1ccc(OCC(=O)NC23CCC(NC(=O)c4cnc(C(F)F)cn4)(CC2)C(F)C3)cc1F. The molecule has 0 aliphatic heterocycles. The first-order valence-corrected chi connectivity index (χ1v) is 10.9. The van der Waals surface area contributed by atoms with Crippen LogP contribution >= 0.6 is 0 Å². The summed E-state index contributed by atoms with van der Waals surface area (Å²) in [5, 5.41) is 5.55. The number of nitrogens with one attached hydrogen (secondary N) is 2. The third-order valence-corrected chi connectivity index (χ3v) is 6.68. The van der Waals surface area contributed by atoms with Crippen LogP contribution in [-0.2, 0) is 4.79 Å². The normalized spacial score (nSPS) is 25.8. The number of carbonyl (C=O) groups is 2. The van der Waals surface area contributed by atoms with E-state index >= 15 is 4.39 Å². The van der Waals surface area contributed by atoms with Crippen LogP contribution in [0.2, 0.25) is 0 Å². The van der Waals surface area contributed by atoms with Crippen molar-refractivity contribution in [3.05, 3.63) is 53.4 Å². The van der Waals surface area contributed by atoms with Crippen LogP contribution in [0.25, 0.3) is 0 Å². The highest BCUT2D eigenvalue weighted by Gasteiger charge is 2.56. The molecule has 0 spiro atoms. The number of carbonyl (C=O) groups excluding carboxylic acids is 2. The highest BCUT2D eigenvalue weighted by molar-refractivity contribution is 5.92. The molecule has 7 nitrogen and oxygen atoms in total. The molecule has 3 saturated carbocycles. The Morgan fingerprint density at radius 1 is 1.15 bits per heavy atom. The standard InChI is InChI=1S/C23H24F4N4O3/c1-13-2-3-14(8-15(13)24)34-12-19(32)30-22-4-6-23(7-5-22,18(25)9-22)31-21(33)17-11-28-16(10-29-17)20(26)27/h2-3,8,10-11,18,20H,4-7,9,12H2,1H3,(H,30,32)(H,31,33). The van der Waals surface area contributed by atoms with E-state index in [1.165, 1.54) is 6.07 Å². The highest BCUT2D eigenvalue weighted by Crippen LogP contribution is 2.48. The Bertz CT molecular complexity index is 1070. The smallest absolute Gasteiger partial charge is 0.281 e. The van der Waals surface area contributed by atoms with Crippen LogP contribution < -0.4 is 15.4 Å². The van der Waals surface area contributed by atoms with E-state index in [4.69, 9.17) is 4.74 Å². The molecule has 0 radical (unpaired) electrons. The van der Waals surface area contributed by atoms with Gasteiger partial charge in [-0.3, -0.25) is 14.6 Å². The number of hydrogen-bond donors (Lipinski definition) is 2. The number of benzene rings is 1. The summed E-state index contributed by atoms with van der Waals surface area (Å²) in [4.78, 5) is 32.2. The molecule has 1 heterocycles. The van der Waals surface area contributed by atoms with Crippen LogP contribution in [0.3, 0.4) is 0 Å². The summed E-state index contributed by atoms with van der Waals surface area (Å²) in [6, 6.07) is 4.30. The quantitative estimate of drug-likeness (QED) is 0.591. The number of fused-ring (bicyclic) bond motifs is 3. The van der Waals surface area contributed by atoms with Gasteiger partial charge in [0.25, 0.3) is 18.2 Å². The maximum Gasteiger partial charge on any atom is 0.281 e. The van der Waals surface area contributed by atoms with Crippen molar-refractivity contribution in [1.82, 2.24) is 20.6 Å². The molecule has 3 fully saturated rings. The van der Waals surface area contributed by atoms with Gasteiger partial charge in [-0.1, -0.05) is 6.07 Å². The number of ether oxygens (including phenoxy) is 1. The predicted octanol–water partition coefficient (Wildman–Crippen LogP) is 3.58. The summed E-state index contributed by atoms with van der Waals surface area (Å²) in [5.41, 5.74) is -2.15. The van der Waals surface area contributed by atoms with Crippen LogP contribution in [0.4, 0.5) is 17.6 Å². The lowest BCUT2D eigenvalue weighted by Gasteiger charge is -2.55. The second-order valence-corrected chi connectivity index (χ2v) is 8.94. The van der Waals surface area contributed by atoms with E-state index < -0.39 is 47.0 Å². The molecule has 1 unspecified atom stereocenters. The number of alkyl halides is 3. The topological polar surface area (TPSA) is 93.2 Å². The first-order valence-electron chi connectivity index (χ1n) is 10.9. The summed E-state index contributed by atoms with van der Waals surface area (Å²) in [5.74, 6) is -1.35. The van der Waals surface area contributed by atoms with Gasteiger partial charge in [-0.25, -0.2) is 22.5 Å². The van der Waals surface area contributed by atoms with Gasteiger partial charge in [-0.05, 0) is 44.2 Å². The second-order valence-electron chi connectivity index (χ2n) is 8.94. The predicted molar refractivity (Wildman–Crippen MR) is 113 cm³/mol. The molecule has 11 heteroatoms. The van der Waals surface area contributed by atoms with Crippen LogP contribution in [0, 0.1) is 12.7 Å². The van der Waals surface area contributed by atoms with Crippen molar-refractivity contribution in [2.24, 2.45) is 0 Å². The van der Waals surface area contributed by atoms with E-state index in [1.54, 1.807) is 19.1 Å². The maximum absolute atomic E-state index is 15.2. The number of nitrogens with zero attached hydrogens (tertiary/aromatic N) is 2. The monoisotopic (exact) mass is 480 g/mol. The van der Waals surface area contributed by atoms with Gasteiger partial charge < -0.3 is 15.4 Å². The first kappa shape index (κ1) is 23.9. The third-order valence-electron chi connectivity index (χ3n) is 6.68. The van der Waals surface area contributed by atoms with Gasteiger partial charge >= 0.3 is 0 Å². The Morgan fingerprint density at radius 2 is 1.88 bits per heavy atom. The number of halogens is 4. The molecule has 2 aromatic rings. The van der Waals surface area contributed by atoms with Gasteiger partial charge in [-0.15, -0.1) is 0 Å². The summed E-state index contributed by atoms with van der Waals surface area (Å²) < 4.78 is 59.5. The molecule has 5 rings (SSSR count). The largest absolute Gasteiger partial charge is 0.484 e. The van der Waals surface area contributed by atoms with Crippen LogP contribution in [-0.4, -0.2) is 45.6 Å². The molecule has 3 aliphatic rings. The number of hydrogen-bond acceptors (Lipinski definition) is 5.